The Balaban J connectivity index is 1.64. The number of alkyl halides is 3. The van der Waals surface area contributed by atoms with E-state index in [1.807, 2.05) is 0 Å². The van der Waals surface area contributed by atoms with Gasteiger partial charge in [-0.25, -0.2) is 17.6 Å². The molecule has 0 N–H and O–H groups in total. The number of benzene rings is 1. The molecule has 1 aromatic carbocycles. The van der Waals surface area contributed by atoms with E-state index in [4.69, 9.17) is 4.74 Å². The van der Waals surface area contributed by atoms with Gasteiger partial charge in [0, 0.05) is 31.6 Å². The van der Waals surface area contributed by atoms with Gasteiger partial charge >= 0.3 is 12.3 Å². The van der Waals surface area contributed by atoms with Crippen molar-refractivity contribution < 1.29 is 35.5 Å². The summed E-state index contributed by atoms with van der Waals surface area (Å²) in [6, 6.07) is 1.35. The smallest absolute Gasteiger partial charge is 0.416 e. The lowest BCUT2D eigenvalue weighted by atomic mass is 9.75. The van der Waals surface area contributed by atoms with E-state index in [0.717, 1.165) is 4.31 Å². The fourth-order valence-corrected chi connectivity index (χ4v) is 5.03. The molecule has 156 valence electrons. The summed E-state index contributed by atoms with van der Waals surface area (Å²) in [5, 5.41) is 0. The van der Waals surface area contributed by atoms with Crippen molar-refractivity contribution in [2.45, 2.75) is 37.4 Å². The van der Waals surface area contributed by atoms with Gasteiger partial charge in [0.25, 0.3) is 0 Å². The number of likely N-dealkylation sites (tertiary alicyclic amines) is 1. The first-order valence-electron chi connectivity index (χ1n) is 8.48. The molecule has 11 heteroatoms. The highest BCUT2D eigenvalue weighted by Crippen LogP contribution is 2.43. The summed E-state index contributed by atoms with van der Waals surface area (Å²) in [5.74, 6) is -1.44. The van der Waals surface area contributed by atoms with Crippen molar-refractivity contribution in [1.82, 2.24) is 9.21 Å². The highest BCUT2D eigenvalue weighted by molar-refractivity contribution is 7.89. The number of ether oxygens (including phenoxy) is 1. The molecular formula is C17H20F4N2O4S. The third kappa shape index (κ3) is 3.82. The second-order valence-corrected chi connectivity index (χ2v) is 10.2. The summed E-state index contributed by atoms with van der Waals surface area (Å²) in [7, 11) is -4.25. The number of sulfonamides is 1. The average Bonchev–Trinajstić information content (AvgIpc) is 2.40. The summed E-state index contributed by atoms with van der Waals surface area (Å²) in [6.45, 7) is 5.95. The lowest BCUT2D eigenvalue weighted by molar-refractivity contribution is -0.137. The Hall–Kier alpha value is -1.88. The van der Waals surface area contributed by atoms with E-state index in [9.17, 15) is 30.8 Å². The van der Waals surface area contributed by atoms with Gasteiger partial charge in [-0.15, -0.1) is 0 Å². The Morgan fingerprint density at radius 1 is 1.11 bits per heavy atom. The van der Waals surface area contributed by atoms with Crippen LogP contribution in [0.3, 0.4) is 0 Å². The van der Waals surface area contributed by atoms with E-state index in [2.05, 4.69) is 0 Å². The van der Waals surface area contributed by atoms with Gasteiger partial charge in [0.1, 0.15) is 16.3 Å². The predicted octanol–water partition coefficient (Wildman–Crippen LogP) is 3.09. The van der Waals surface area contributed by atoms with Gasteiger partial charge in [-0.3, -0.25) is 0 Å². The zero-order valence-electron chi connectivity index (χ0n) is 15.5. The highest BCUT2D eigenvalue weighted by Gasteiger charge is 2.57. The lowest BCUT2D eigenvalue weighted by Crippen LogP contribution is -2.73. The van der Waals surface area contributed by atoms with Gasteiger partial charge in [-0.05, 0) is 39.0 Å². The second kappa shape index (κ2) is 6.31. The molecule has 1 amide bonds. The van der Waals surface area contributed by atoms with Gasteiger partial charge < -0.3 is 9.64 Å². The van der Waals surface area contributed by atoms with Crippen LogP contribution in [0.1, 0.15) is 26.3 Å². The Morgan fingerprint density at radius 3 is 2.14 bits per heavy atom. The first-order valence-corrected chi connectivity index (χ1v) is 9.92. The van der Waals surface area contributed by atoms with Crippen LogP contribution >= 0.6 is 0 Å². The third-order valence-electron chi connectivity index (χ3n) is 4.60. The van der Waals surface area contributed by atoms with E-state index >= 15 is 0 Å². The molecule has 1 spiro atoms. The number of rotatable bonds is 2. The largest absolute Gasteiger partial charge is 0.444 e. The highest BCUT2D eigenvalue weighted by atomic mass is 32.2. The molecule has 2 aliphatic heterocycles. The fraction of sp³-hybridized carbons (Fsp3) is 0.588. The lowest BCUT2D eigenvalue weighted by Gasteiger charge is -2.58. The maximum Gasteiger partial charge on any atom is 0.416 e. The standard InChI is InChI=1S/C17H20F4N2O4S/c1-15(2,3)27-14(24)22-7-16(8-22)9-23(10-16)28(25,26)13-5-4-11(6-12(13)18)17(19,20)21/h4-6H,7-10H2,1-3H3. The molecule has 0 aromatic heterocycles. The van der Waals surface area contributed by atoms with E-state index in [-0.39, 0.29) is 19.2 Å². The van der Waals surface area contributed by atoms with Gasteiger partial charge in [-0.1, -0.05) is 0 Å². The molecule has 0 radical (unpaired) electrons. The molecule has 0 atom stereocenters. The van der Waals surface area contributed by atoms with E-state index in [1.165, 1.54) is 4.90 Å². The van der Waals surface area contributed by atoms with Crippen molar-refractivity contribution in [2.24, 2.45) is 5.41 Å². The molecule has 0 aliphatic carbocycles. The van der Waals surface area contributed by atoms with Crippen molar-refractivity contribution >= 4 is 16.1 Å². The Morgan fingerprint density at radius 2 is 1.68 bits per heavy atom. The quantitative estimate of drug-likeness (QED) is 0.685. The molecular weight excluding hydrogens is 404 g/mol. The predicted molar refractivity (Wildman–Crippen MR) is 90.4 cm³/mol. The van der Waals surface area contributed by atoms with Crippen LogP contribution < -0.4 is 0 Å². The van der Waals surface area contributed by atoms with Crippen molar-refractivity contribution in [3.63, 3.8) is 0 Å². The van der Waals surface area contributed by atoms with Crippen LogP contribution in [-0.2, 0) is 20.9 Å². The first-order chi connectivity index (χ1) is 12.6. The second-order valence-electron chi connectivity index (χ2n) is 8.25. The normalized spacial score (nSPS) is 19.9. The minimum absolute atomic E-state index is 0.0646. The minimum atomic E-state index is -4.76. The Kier molecular flexibility index (Phi) is 4.70. The minimum Gasteiger partial charge on any atom is -0.444 e. The van der Waals surface area contributed by atoms with E-state index < -0.39 is 49.6 Å². The van der Waals surface area contributed by atoms with Crippen molar-refractivity contribution in [2.75, 3.05) is 26.2 Å². The van der Waals surface area contributed by atoms with Gasteiger partial charge in [0.2, 0.25) is 10.0 Å². The van der Waals surface area contributed by atoms with Crippen LogP contribution in [-0.4, -0.2) is 55.5 Å². The molecule has 3 rings (SSSR count). The van der Waals surface area contributed by atoms with Crippen LogP contribution in [0, 0.1) is 11.2 Å². The summed E-state index contributed by atoms with van der Waals surface area (Å²) < 4.78 is 83.2. The maximum absolute atomic E-state index is 14.0. The van der Waals surface area contributed by atoms with Crippen LogP contribution in [0.15, 0.2) is 23.1 Å². The topological polar surface area (TPSA) is 66.9 Å². The molecule has 28 heavy (non-hydrogen) atoms. The van der Waals surface area contributed by atoms with Gasteiger partial charge in [-0.2, -0.15) is 17.5 Å². The maximum atomic E-state index is 14.0. The van der Waals surface area contributed by atoms with Crippen LogP contribution in [0.25, 0.3) is 0 Å². The molecule has 2 fully saturated rings. The summed E-state index contributed by atoms with van der Waals surface area (Å²) in [6.07, 6.45) is -5.26. The number of hydrogen-bond donors (Lipinski definition) is 0. The SMILES string of the molecule is CC(C)(C)OC(=O)N1CC2(C1)CN(S(=O)(=O)c1ccc(C(F)(F)F)cc1F)C2. The van der Waals surface area contributed by atoms with Crippen LogP contribution in [0.4, 0.5) is 22.4 Å². The first kappa shape index (κ1) is 20.8. The van der Waals surface area contributed by atoms with Crippen LogP contribution in [0.2, 0.25) is 0 Å². The number of carbonyl (C=O) groups excluding carboxylic acids is 1. The molecule has 2 heterocycles. The molecule has 0 unspecified atom stereocenters. The number of carbonyl (C=O) groups is 1. The molecule has 0 saturated carbocycles. The monoisotopic (exact) mass is 424 g/mol. The molecule has 2 saturated heterocycles. The van der Waals surface area contributed by atoms with E-state index in [0.29, 0.717) is 25.2 Å². The van der Waals surface area contributed by atoms with Crippen molar-refractivity contribution in [3.8, 4) is 0 Å². The number of amides is 1. The van der Waals surface area contributed by atoms with Gasteiger partial charge in [0.15, 0.2) is 0 Å². The van der Waals surface area contributed by atoms with E-state index in [1.54, 1.807) is 20.8 Å². The third-order valence-corrected chi connectivity index (χ3v) is 6.43. The summed E-state index contributed by atoms with van der Waals surface area (Å²) >= 11 is 0. The molecule has 6 nitrogen and oxygen atoms in total. The van der Waals surface area contributed by atoms with Gasteiger partial charge in [0.05, 0.1) is 5.56 Å². The van der Waals surface area contributed by atoms with Crippen LogP contribution in [0.5, 0.6) is 0 Å². The molecule has 0 bridgehead atoms. The number of halogens is 4. The molecule has 2 aliphatic rings. The van der Waals surface area contributed by atoms with Crippen molar-refractivity contribution in [1.29, 1.82) is 0 Å². The zero-order chi connectivity index (χ0) is 21.1. The zero-order valence-corrected chi connectivity index (χ0v) is 16.3. The van der Waals surface area contributed by atoms with Crippen molar-refractivity contribution in [3.05, 3.63) is 29.6 Å². The Bertz CT molecular complexity index is 895. The summed E-state index contributed by atoms with van der Waals surface area (Å²) in [4.78, 5) is 12.6. The number of hydrogen-bond acceptors (Lipinski definition) is 4. The molecule has 1 aromatic rings. The fourth-order valence-electron chi connectivity index (χ4n) is 3.32. The Labute approximate surface area is 160 Å². The average molecular weight is 424 g/mol. The number of nitrogens with zero attached hydrogens (tertiary/aromatic N) is 2. The summed E-state index contributed by atoms with van der Waals surface area (Å²) in [5.41, 5.74) is -2.32.